The number of rotatable bonds is 3. The van der Waals surface area contributed by atoms with E-state index in [2.05, 4.69) is 31.9 Å². The van der Waals surface area contributed by atoms with Crippen LogP contribution in [0.4, 0.5) is 5.69 Å². The second-order valence-electron chi connectivity index (χ2n) is 4.16. The van der Waals surface area contributed by atoms with Crippen LogP contribution < -0.4 is 9.64 Å². The Bertz CT molecular complexity index is 346. The summed E-state index contributed by atoms with van der Waals surface area (Å²) in [5, 5.41) is 1.09. The van der Waals surface area contributed by atoms with E-state index in [9.17, 15) is 0 Å². The number of piperidine rings is 1. The van der Waals surface area contributed by atoms with Crippen LogP contribution in [0.15, 0.2) is 18.3 Å². The monoisotopic (exact) mass is 284 g/mol. The normalized spacial score (nSPS) is 20.9. The third-order valence-corrected chi connectivity index (χ3v) is 3.95. The lowest BCUT2D eigenvalue weighted by Crippen LogP contribution is -2.36. The van der Waals surface area contributed by atoms with Crippen molar-refractivity contribution in [2.45, 2.75) is 12.8 Å². The maximum atomic E-state index is 5.15. The summed E-state index contributed by atoms with van der Waals surface area (Å²) in [4.78, 5) is 6.55. The highest BCUT2D eigenvalue weighted by Crippen LogP contribution is 2.25. The molecule has 1 saturated heterocycles. The van der Waals surface area contributed by atoms with Crippen molar-refractivity contribution in [3.8, 4) is 5.88 Å². The average Bonchev–Trinajstić information content (AvgIpc) is 2.39. The van der Waals surface area contributed by atoms with Gasteiger partial charge in [-0.25, -0.2) is 4.98 Å². The summed E-state index contributed by atoms with van der Waals surface area (Å²) in [7, 11) is 1.66. The number of hydrogen-bond acceptors (Lipinski definition) is 3. The molecule has 1 aliphatic heterocycles. The van der Waals surface area contributed by atoms with E-state index in [-0.39, 0.29) is 0 Å². The molecule has 0 saturated carbocycles. The number of alkyl halides is 1. The molecule has 0 bridgehead atoms. The number of halogens is 1. The highest BCUT2D eigenvalue weighted by Gasteiger charge is 2.19. The summed E-state index contributed by atoms with van der Waals surface area (Å²) in [6.45, 7) is 2.26. The minimum Gasteiger partial charge on any atom is -0.481 e. The number of anilines is 1. The molecule has 4 heteroatoms. The zero-order valence-corrected chi connectivity index (χ0v) is 11.1. The summed E-state index contributed by atoms with van der Waals surface area (Å²) in [5.41, 5.74) is 1.22. The number of ether oxygens (including phenoxy) is 1. The molecule has 1 aromatic rings. The smallest absolute Gasteiger partial charge is 0.214 e. The maximum absolute atomic E-state index is 5.15. The van der Waals surface area contributed by atoms with E-state index in [1.54, 1.807) is 7.11 Å². The van der Waals surface area contributed by atoms with Gasteiger partial charge in [-0.15, -0.1) is 0 Å². The molecule has 1 unspecified atom stereocenters. The van der Waals surface area contributed by atoms with E-state index >= 15 is 0 Å². The molecule has 0 N–H and O–H groups in total. The van der Waals surface area contributed by atoms with Crippen LogP contribution in [-0.2, 0) is 0 Å². The van der Waals surface area contributed by atoms with Gasteiger partial charge in [0.2, 0.25) is 5.88 Å². The number of hydrogen-bond donors (Lipinski definition) is 0. The molecule has 2 heterocycles. The second-order valence-corrected chi connectivity index (χ2v) is 4.81. The highest BCUT2D eigenvalue weighted by molar-refractivity contribution is 9.09. The van der Waals surface area contributed by atoms with Crippen LogP contribution in [0.5, 0.6) is 5.88 Å². The Kier molecular flexibility index (Phi) is 4.04. The molecule has 0 spiro atoms. The van der Waals surface area contributed by atoms with Gasteiger partial charge in [0, 0.05) is 36.4 Å². The predicted octanol–water partition coefficient (Wildman–Crippen LogP) is 2.70. The molecule has 88 valence electrons. The standard InChI is InChI=1S/C12H17BrN2O/c1-16-12-7-11(4-5-14-12)15-6-2-3-10(8-13)9-15/h4-5,7,10H,2-3,6,8-9H2,1H3. The van der Waals surface area contributed by atoms with Gasteiger partial charge in [-0.3, -0.25) is 0 Å². The number of aromatic nitrogens is 1. The first kappa shape index (κ1) is 11.7. The molecule has 16 heavy (non-hydrogen) atoms. The first-order chi connectivity index (χ1) is 7.83. The van der Waals surface area contributed by atoms with Gasteiger partial charge in [0.05, 0.1) is 7.11 Å². The van der Waals surface area contributed by atoms with Crippen molar-refractivity contribution in [2.75, 3.05) is 30.4 Å². The maximum Gasteiger partial charge on any atom is 0.214 e. The topological polar surface area (TPSA) is 25.4 Å². The van der Waals surface area contributed by atoms with Crippen LogP contribution in [0.25, 0.3) is 0 Å². The predicted molar refractivity (Wildman–Crippen MR) is 69.5 cm³/mol. The van der Waals surface area contributed by atoms with Crippen molar-refractivity contribution in [1.82, 2.24) is 4.98 Å². The van der Waals surface area contributed by atoms with E-state index in [0.717, 1.165) is 24.3 Å². The summed E-state index contributed by atoms with van der Waals surface area (Å²) in [6, 6.07) is 4.07. The Hall–Kier alpha value is -0.770. The molecular formula is C12H17BrN2O. The SMILES string of the molecule is COc1cc(N2CCCC(CBr)C2)ccn1. The zero-order valence-electron chi connectivity index (χ0n) is 9.53. The Morgan fingerprint density at radius 2 is 2.50 bits per heavy atom. The number of pyridine rings is 1. The van der Waals surface area contributed by atoms with Crippen LogP contribution in [0.3, 0.4) is 0 Å². The Morgan fingerprint density at radius 1 is 1.62 bits per heavy atom. The largest absolute Gasteiger partial charge is 0.481 e. The molecule has 1 aliphatic rings. The molecule has 1 atom stereocenters. The summed E-state index contributed by atoms with van der Waals surface area (Å²) in [5.74, 6) is 1.45. The molecular weight excluding hydrogens is 268 g/mol. The molecule has 2 rings (SSSR count). The van der Waals surface area contributed by atoms with Gasteiger partial charge in [-0.1, -0.05) is 15.9 Å². The summed E-state index contributed by atoms with van der Waals surface area (Å²) in [6.07, 6.45) is 4.40. The van der Waals surface area contributed by atoms with Crippen LogP contribution >= 0.6 is 15.9 Å². The first-order valence-electron chi connectivity index (χ1n) is 5.64. The number of nitrogens with zero attached hydrogens (tertiary/aromatic N) is 2. The minimum absolute atomic E-state index is 0.693. The third-order valence-electron chi connectivity index (χ3n) is 3.03. The molecule has 3 nitrogen and oxygen atoms in total. The van der Waals surface area contributed by atoms with Crippen molar-refractivity contribution < 1.29 is 4.74 Å². The van der Waals surface area contributed by atoms with Crippen LogP contribution in [0.2, 0.25) is 0 Å². The van der Waals surface area contributed by atoms with E-state index in [1.807, 2.05) is 12.3 Å². The molecule has 1 fully saturated rings. The Labute approximate surface area is 105 Å². The van der Waals surface area contributed by atoms with E-state index in [0.29, 0.717) is 5.88 Å². The molecule has 0 aromatic carbocycles. The van der Waals surface area contributed by atoms with E-state index in [1.165, 1.54) is 18.5 Å². The summed E-state index contributed by atoms with van der Waals surface area (Å²) < 4.78 is 5.15. The molecule has 0 radical (unpaired) electrons. The Morgan fingerprint density at radius 3 is 3.25 bits per heavy atom. The van der Waals surface area contributed by atoms with Gasteiger partial charge in [0.25, 0.3) is 0 Å². The fourth-order valence-electron chi connectivity index (χ4n) is 2.13. The quantitative estimate of drug-likeness (QED) is 0.798. The highest BCUT2D eigenvalue weighted by atomic mass is 79.9. The number of methoxy groups -OCH3 is 1. The molecule has 0 amide bonds. The molecule has 0 aliphatic carbocycles. The first-order valence-corrected chi connectivity index (χ1v) is 6.76. The van der Waals surface area contributed by atoms with Crippen molar-refractivity contribution in [1.29, 1.82) is 0 Å². The van der Waals surface area contributed by atoms with Gasteiger partial charge in [-0.2, -0.15) is 0 Å². The second kappa shape index (κ2) is 5.53. The lowest BCUT2D eigenvalue weighted by atomic mass is 10.00. The van der Waals surface area contributed by atoms with Crippen molar-refractivity contribution in [2.24, 2.45) is 5.92 Å². The fourth-order valence-corrected chi connectivity index (χ4v) is 2.66. The Balaban J connectivity index is 2.10. The van der Waals surface area contributed by atoms with Gasteiger partial charge in [-0.05, 0) is 24.8 Å². The van der Waals surface area contributed by atoms with Crippen LogP contribution in [-0.4, -0.2) is 30.5 Å². The third kappa shape index (κ3) is 2.67. The van der Waals surface area contributed by atoms with Gasteiger partial charge in [0.15, 0.2) is 0 Å². The van der Waals surface area contributed by atoms with Crippen LogP contribution in [0, 0.1) is 5.92 Å². The van der Waals surface area contributed by atoms with E-state index in [4.69, 9.17) is 4.74 Å². The lowest BCUT2D eigenvalue weighted by Gasteiger charge is -2.33. The summed E-state index contributed by atoms with van der Waals surface area (Å²) >= 11 is 3.58. The molecule has 1 aromatic heterocycles. The average molecular weight is 285 g/mol. The van der Waals surface area contributed by atoms with Crippen molar-refractivity contribution >= 4 is 21.6 Å². The van der Waals surface area contributed by atoms with Crippen LogP contribution in [0.1, 0.15) is 12.8 Å². The zero-order chi connectivity index (χ0) is 11.4. The fraction of sp³-hybridized carbons (Fsp3) is 0.583. The minimum atomic E-state index is 0.693. The lowest BCUT2D eigenvalue weighted by molar-refractivity contribution is 0.397. The van der Waals surface area contributed by atoms with Crippen molar-refractivity contribution in [3.05, 3.63) is 18.3 Å². The van der Waals surface area contributed by atoms with Gasteiger partial charge in [0.1, 0.15) is 0 Å². The van der Waals surface area contributed by atoms with Gasteiger partial charge >= 0.3 is 0 Å². The van der Waals surface area contributed by atoms with Crippen molar-refractivity contribution in [3.63, 3.8) is 0 Å². The van der Waals surface area contributed by atoms with Gasteiger partial charge < -0.3 is 9.64 Å². The van der Waals surface area contributed by atoms with E-state index < -0.39 is 0 Å².